The number of aliphatic imine (C=N–C) groups is 1. The van der Waals surface area contributed by atoms with Gasteiger partial charge in [-0.2, -0.15) is 11.8 Å². The fraction of sp³-hybridized carbons (Fsp3) is 0.588. The SMILES string of the molecule is CCNC(=NCc1cccc([N+](=O)[O-])c1)NC1CCC(SCC)C1.I. The van der Waals surface area contributed by atoms with Crippen LogP contribution in [0.2, 0.25) is 0 Å². The Bertz CT molecular complexity index is 586. The van der Waals surface area contributed by atoms with Crippen LogP contribution < -0.4 is 10.6 Å². The van der Waals surface area contributed by atoms with Crippen molar-refractivity contribution >= 4 is 47.4 Å². The minimum atomic E-state index is -0.374. The van der Waals surface area contributed by atoms with Crippen LogP contribution in [-0.4, -0.2) is 34.5 Å². The molecular formula is C17H27IN4O2S. The third kappa shape index (κ3) is 7.39. The number of hydrogen-bond donors (Lipinski definition) is 2. The summed E-state index contributed by atoms with van der Waals surface area (Å²) in [5.41, 5.74) is 0.947. The Kier molecular flexibility index (Phi) is 10.2. The Hall–Kier alpha value is -1.03. The first-order chi connectivity index (χ1) is 11.6. The van der Waals surface area contributed by atoms with Gasteiger partial charge < -0.3 is 10.6 Å². The molecule has 0 saturated heterocycles. The Morgan fingerprint density at radius 3 is 2.88 bits per heavy atom. The van der Waals surface area contributed by atoms with Crippen LogP contribution in [-0.2, 0) is 6.54 Å². The molecule has 140 valence electrons. The number of rotatable bonds is 7. The molecular weight excluding hydrogens is 451 g/mol. The summed E-state index contributed by atoms with van der Waals surface area (Å²) in [5, 5.41) is 18.4. The quantitative estimate of drug-likeness (QED) is 0.204. The Morgan fingerprint density at radius 1 is 1.40 bits per heavy atom. The van der Waals surface area contributed by atoms with Gasteiger partial charge in [0.15, 0.2) is 5.96 Å². The van der Waals surface area contributed by atoms with Gasteiger partial charge in [0.05, 0.1) is 11.5 Å². The van der Waals surface area contributed by atoms with Gasteiger partial charge in [-0.25, -0.2) is 4.99 Å². The van der Waals surface area contributed by atoms with Crippen LogP contribution in [0.3, 0.4) is 0 Å². The summed E-state index contributed by atoms with van der Waals surface area (Å²) in [7, 11) is 0. The van der Waals surface area contributed by atoms with E-state index < -0.39 is 0 Å². The third-order valence-electron chi connectivity index (χ3n) is 4.01. The van der Waals surface area contributed by atoms with Crippen molar-refractivity contribution < 1.29 is 4.92 Å². The maximum atomic E-state index is 10.9. The lowest BCUT2D eigenvalue weighted by Crippen LogP contribution is -2.42. The maximum absolute atomic E-state index is 10.9. The molecule has 2 atom stereocenters. The van der Waals surface area contributed by atoms with Crippen molar-refractivity contribution in [3.8, 4) is 0 Å². The van der Waals surface area contributed by atoms with Crippen molar-refractivity contribution in [3.05, 3.63) is 39.9 Å². The van der Waals surface area contributed by atoms with E-state index in [2.05, 4.69) is 22.5 Å². The molecule has 6 nitrogen and oxygen atoms in total. The predicted molar refractivity (Wildman–Crippen MR) is 116 cm³/mol. The Balaban J connectivity index is 0.00000312. The largest absolute Gasteiger partial charge is 0.357 e. The van der Waals surface area contributed by atoms with Crippen LogP contribution in [0.25, 0.3) is 0 Å². The van der Waals surface area contributed by atoms with Gasteiger partial charge in [-0.05, 0) is 37.5 Å². The number of nitro groups is 1. The van der Waals surface area contributed by atoms with Crippen molar-refractivity contribution in [2.24, 2.45) is 4.99 Å². The fourth-order valence-corrected chi connectivity index (χ4v) is 4.05. The van der Waals surface area contributed by atoms with E-state index in [0.717, 1.165) is 23.3 Å². The number of benzene rings is 1. The summed E-state index contributed by atoms with van der Waals surface area (Å²) >= 11 is 2.03. The number of thioether (sulfide) groups is 1. The normalized spacial score (nSPS) is 20.0. The summed E-state index contributed by atoms with van der Waals surface area (Å²) in [5.74, 6) is 1.95. The Morgan fingerprint density at radius 2 is 2.20 bits per heavy atom. The van der Waals surface area contributed by atoms with Gasteiger partial charge in [0.25, 0.3) is 5.69 Å². The number of nitrogens with one attached hydrogen (secondary N) is 2. The van der Waals surface area contributed by atoms with E-state index >= 15 is 0 Å². The zero-order valence-electron chi connectivity index (χ0n) is 14.7. The molecule has 25 heavy (non-hydrogen) atoms. The molecule has 0 spiro atoms. The van der Waals surface area contributed by atoms with Crippen molar-refractivity contribution in [2.75, 3.05) is 12.3 Å². The molecule has 0 bridgehead atoms. The highest BCUT2D eigenvalue weighted by Gasteiger charge is 2.25. The summed E-state index contributed by atoms with van der Waals surface area (Å²) in [6, 6.07) is 7.10. The molecule has 1 aliphatic rings. The number of halogens is 1. The van der Waals surface area contributed by atoms with E-state index in [-0.39, 0.29) is 34.6 Å². The van der Waals surface area contributed by atoms with Crippen molar-refractivity contribution in [3.63, 3.8) is 0 Å². The van der Waals surface area contributed by atoms with Crippen LogP contribution in [0.4, 0.5) is 5.69 Å². The van der Waals surface area contributed by atoms with Crippen LogP contribution in [0.1, 0.15) is 38.7 Å². The zero-order chi connectivity index (χ0) is 17.4. The molecule has 2 N–H and O–H groups in total. The zero-order valence-corrected chi connectivity index (χ0v) is 17.9. The molecule has 0 amide bonds. The number of hydrogen-bond acceptors (Lipinski definition) is 4. The summed E-state index contributed by atoms with van der Waals surface area (Å²) < 4.78 is 0. The predicted octanol–water partition coefficient (Wildman–Crippen LogP) is 3.94. The van der Waals surface area contributed by atoms with Crippen LogP contribution in [0.5, 0.6) is 0 Å². The van der Waals surface area contributed by atoms with E-state index in [4.69, 9.17) is 0 Å². The van der Waals surface area contributed by atoms with Crippen molar-refractivity contribution in [2.45, 2.75) is 50.9 Å². The van der Waals surface area contributed by atoms with Crippen molar-refractivity contribution in [1.82, 2.24) is 10.6 Å². The van der Waals surface area contributed by atoms with E-state index in [0.29, 0.717) is 12.6 Å². The molecule has 0 aromatic heterocycles. The summed E-state index contributed by atoms with van der Waals surface area (Å²) in [6.45, 7) is 5.46. The first-order valence-corrected chi connectivity index (χ1v) is 9.57. The van der Waals surface area contributed by atoms with Crippen LogP contribution in [0.15, 0.2) is 29.3 Å². The lowest BCUT2D eigenvalue weighted by atomic mass is 10.2. The van der Waals surface area contributed by atoms with Gasteiger partial charge in [-0.3, -0.25) is 10.1 Å². The molecule has 1 aromatic carbocycles. The molecule has 0 heterocycles. The highest BCUT2D eigenvalue weighted by Crippen LogP contribution is 2.29. The second-order valence-electron chi connectivity index (χ2n) is 5.85. The number of guanidine groups is 1. The minimum Gasteiger partial charge on any atom is -0.357 e. The van der Waals surface area contributed by atoms with Gasteiger partial charge in [-0.15, -0.1) is 24.0 Å². The second-order valence-corrected chi connectivity index (χ2v) is 7.43. The van der Waals surface area contributed by atoms with E-state index in [1.165, 1.54) is 31.1 Å². The molecule has 1 fully saturated rings. The van der Waals surface area contributed by atoms with E-state index in [9.17, 15) is 10.1 Å². The molecule has 0 radical (unpaired) electrons. The first kappa shape index (κ1) is 22.0. The topological polar surface area (TPSA) is 79.6 Å². The Labute approximate surface area is 170 Å². The fourth-order valence-electron chi connectivity index (χ4n) is 2.91. The molecule has 2 rings (SSSR count). The first-order valence-electron chi connectivity index (χ1n) is 8.52. The minimum absolute atomic E-state index is 0. The van der Waals surface area contributed by atoms with Crippen LogP contribution in [0, 0.1) is 10.1 Å². The van der Waals surface area contributed by atoms with E-state index in [1.54, 1.807) is 12.1 Å². The molecule has 2 unspecified atom stereocenters. The maximum Gasteiger partial charge on any atom is 0.269 e. The smallest absolute Gasteiger partial charge is 0.269 e. The van der Waals surface area contributed by atoms with Gasteiger partial charge in [-0.1, -0.05) is 19.1 Å². The second kappa shape index (κ2) is 11.6. The van der Waals surface area contributed by atoms with Gasteiger partial charge in [0.1, 0.15) is 0 Å². The van der Waals surface area contributed by atoms with Crippen molar-refractivity contribution in [1.29, 1.82) is 0 Å². The number of nitro benzene ring substituents is 1. The average Bonchev–Trinajstić information content (AvgIpc) is 3.00. The molecule has 1 saturated carbocycles. The molecule has 1 aromatic rings. The van der Waals surface area contributed by atoms with Gasteiger partial charge >= 0.3 is 0 Å². The lowest BCUT2D eigenvalue weighted by Gasteiger charge is -2.17. The lowest BCUT2D eigenvalue weighted by molar-refractivity contribution is -0.384. The van der Waals surface area contributed by atoms with E-state index in [1.807, 2.05) is 24.8 Å². The number of non-ortho nitro benzene ring substituents is 1. The molecule has 1 aliphatic carbocycles. The highest BCUT2D eigenvalue weighted by molar-refractivity contribution is 14.0. The van der Waals surface area contributed by atoms with Gasteiger partial charge in [0.2, 0.25) is 0 Å². The third-order valence-corrected chi connectivity index (χ3v) is 5.25. The van der Waals surface area contributed by atoms with Crippen LogP contribution >= 0.6 is 35.7 Å². The average molecular weight is 478 g/mol. The number of nitrogens with zero attached hydrogens (tertiary/aromatic N) is 2. The van der Waals surface area contributed by atoms with Gasteiger partial charge in [0, 0.05) is 30.0 Å². The summed E-state index contributed by atoms with van der Waals surface area (Å²) in [4.78, 5) is 15.1. The standard InChI is InChI=1S/C17H26N4O2S.HI/c1-3-18-17(20-14-8-9-16(11-14)24-4-2)19-12-13-6-5-7-15(10-13)21(22)23;/h5-7,10,14,16H,3-4,8-9,11-12H2,1-2H3,(H2,18,19,20);1H. The summed E-state index contributed by atoms with van der Waals surface area (Å²) in [6.07, 6.45) is 3.58. The monoisotopic (exact) mass is 478 g/mol. The highest BCUT2D eigenvalue weighted by atomic mass is 127. The molecule has 8 heteroatoms. The molecule has 0 aliphatic heterocycles.